The van der Waals surface area contributed by atoms with Gasteiger partial charge < -0.3 is 10.1 Å². The molecule has 1 unspecified atom stereocenters. The van der Waals surface area contributed by atoms with Gasteiger partial charge in [0.1, 0.15) is 0 Å². The predicted molar refractivity (Wildman–Crippen MR) is 55.1 cm³/mol. The molecule has 1 amide bonds. The molecule has 0 radical (unpaired) electrons. The normalized spacial score (nSPS) is 22.4. The topological polar surface area (TPSA) is 38.3 Å². The third-order valence-corrected chi connectivity index (χ3v) is 3.42. The molecule has 1 N–H and O–H groups in total. The fraction of sp³-hybridized carbons (Fsp3) is 0.889. The van der Waals surface area contributed by atoms with Crippen molar-refractivity contribution in [2.24, 2.45) is 0 Å². The lowest BCUT2D eigenvalue weighted by Crippen LogP contribution is -2.32. The molecular formula is C9H17NO2S. The summed E-state index contributed by atoms with van der Waals surface area (Å²) in [5.74, 6) is 1.23. The molecule has 1 heterocycles. The molecule has 1 rings (SSSR count). The number of alkyl carbamates (subject to hydrolysis) is 1. The Hall–Kier alpha value is -0.380. The van der Waals surface area contributed by atoms with Crippen LogP contribution in [0.1, 0.15) is 26.2 Å². The summed E-state index contributed by atoms with van der Waals surface area (Å²) >= 11 is 1.95. The molecule has 0 bridgehead atoms. The first-order valence-corrected chi connectivity index (χ1v) is 5.90. The highest BCUT2D eigenvalue weighted by molar-refractivity contribution is 7.99. The Bertz CT molecular complexity index is 158. The summed E-state index contributed by atoms with van der Waals surface area (Å²) < 4.78 is 4.77. The van der Waals surface area contributed by atoms with Crippen molar-refractivity contribution in [3.05, 3.63) is 0 Å². The van der Waals surface area contributed by atoms with E-state index in [-0.39, 0.29) is 6.09 Å². The summed E-state index contributed by atoms with van der Waals surface area (Å²) in [6, 6.07) is 0. The van der Waals surface area contributed by atoms with Crippen molar-refractivity contribution in [3.8, 4) is 0 Å². The van der Waals surface area contributed by atoms with E-state index in [2.05, 4.69) is 5.32 Å². The molecule has 1 fully saturated rings. The average Bonchev–Trinajstić information content (AvgIpc) is 2.17. The number of nitrogens with one attached hydrogen (secondary N) is 1. The number of rotatable bonds is 3. The fourth-order valence-electron chi connectivity index (χ4n) is 1.35. The zero-order valence-corrected chi connectivity index (χ0v) is 8.86. The summed E-state index contributed by atoms with van der Waals surface area (Å²) in [6.07, 6.45) is 3.55. The van der Waals surface area contributed by atoms with E-state index in [4.69, 9.17) is 4.74 Å². The second kappa shape index (κ2) is 6.13. The Morgan fingerprint density at radius 1 is 1.62 bits per heavy atom. The van der Waals surface area contributed by atoms with Crippen LogP contribution in [0.5, 0.6) is 0 Å². The SMILES string of the molecule is CCOC(=O)NCC1CCCCS1. The van der Waals surface area contributed by atoms with Gasteiger partial charge in [0.15, 0.2) is 0 Å². The van der Waals surface area contributed by atoms with Crippen molar-refractivity contribution in [2.75, 3.05) is 18.9 Å². The van der Waals surface area contributed by atoms with Gasteiger partial charge in [-0.3, -0.25) is 0 Å². The Labute approximate surface area is 83.6 Å². The maximum atomic E-state index is 10.9. The van der Waals surface area contributed by atoms with Gasteiger partial charge >= 0.3 is 6.09 Å². The van der Waals surface area contributed by atoms with Crippen LogP contribution in [0, 0.1) is 0 Å². The zero-order chi connectivity index (χ0) is 9.52. The van der Waals surface area contributed by atoms with E-state index in [9.17, 15) is 4.79 Å². The van der Waals surface area contributed by atoms with Crippen molar-refractivity contribution in [1.82, 2.24) is 5.32 Å². The predicted octanol–water partition coefficient (Wildman–Crippen LogP) is 2.02. The van der Waals surface area contributed by atoms with E-state index in [1.54, 1.807) is 0 Å². The van der Waals surface area contributed by atoms with E-state index in [1.807, 2.05) is 18.7 Å². The molecule has 13 heavy (non-hydrogen) atoms. The fourth-order valence-corrected chi connectivity index (χ4v) is 2.59. The number of amides is 1. The number of carbonyl (C=O) groups excluding carboxylic acids is 1. The summed E-state index contributed by atoms with van der Waals surface area (Å²) in [7, 11) is 0. The number of carbonyl (C=O) groups is 1. The summed E-state index contributed by atoms with van der Waals surface area (Å²) in [4.78, 5) is 10.9. The van der Waals surface area contributed by atoms with Gasteiger partial charge in [-0.1, -0.05) is 6.42 Å². The lowest BCUT2D eigenvalue weighted by Gasteiger charge is -2.21. The van der Waals surface area contributed by atoms with Gasteiger partial charge in [-0.15, -0.1) is 0 Å². The maximum Gasteiger partial charge on any atom is 0.407 e. The van der Waals surface area contributed by atoms with Gasteiger partial charge in [-0.25, -0.2) is 4.79 Å². The molecule has 0 spiro atoms. The Kier molecular flexibility index (Phi) is 5.05. The van der Waals surface area contributed by atoms with Crippen molar-refractivity contribution in [3.63, 3.8) is 0 Å². The molecule has 0 aromatic heterocycles. The van der Waals surface area contributed by atoms with Crippen LogP contribution >= 0.6 is 11.8 Å². The Balaban J connectivity index is 2.06. The van der Waals surface area contributed by atoms with Crippen LogP contribution in [0.3, 0.4) is 0 Å². The Morgan fingerprint density at radius 3 is 3.08 bits per heavy atom. The van der Waals surface area contributed by atoms with Crippen LogP contribution in [0.2, 0.25) is 0 Å². The van der Waals surface area contributed by atoms with E-state index >= 15 is 0 Å². The van der Waals surface area contributed by atoms with Gasteiger partial charge in [0.25, 0.3) is 0 Å². The quantitative estimate of drug-likeness (QED) is 0.762. The average molecular weight is 203 g/mol. The molecule has 0 aromatic rings. The highest BCUT2D eigenvalue weighted by atomic mass is 32.2. The highest BCUT2D eigenvalue weighted by Crippen LogP contribution is 2.24. The first-order chi connectivity index (χ1) is 6.33. The monoisotopic (exact) mass is 203 g/mol. The maximum absolute atomic E-state index is 10.9. The molecular weight excluding hydrogens is 186 g/mol. The minimum absolute atomic E-state index is 0.284. The van der Waals surface area contributed by atoms with Gasteiger partial charge in [-0.2, -0.15) is 11.8 Å². The van der Waals surface area contributed by atoms with E-state index in [1.165, 1.54) is 25.0 Å². The van der Waals surface area contributed by atoms with Gasteiger partial charge in [0, 0.05) is 11.8 Å². The van der Waals surface area contributed by atoms with Crippen LogP contribution in [-0.2, 0) is 4.74 Å². The second-order valence-electron chi connectivity index (χ2n) is 3.09. The van der Waals surface area contributed by atoms with Crippen LogP contribution in [0.25, 0.3) is 0 Å². The van der Waals surface area contributed by atoms with Crippen molar-refractivity contribution >= 4 is 17.9 Å². The molecule has 1 aliphatic rings. The molecule has 0 aromatic carbocycles. The van der Waals surface area contributed by atoms with Crippen LogP contribution in [0.4, 0.5) is 4.79 Å². The molecule has 0 aliphatic carbocycles. The molecule has 76 valence electrons. The van der Waals surface area contributed by atoms with Gasteiger partial charge in [0.2, 0.25) is 0 Å². The first-order valence-electron chi connectivity index (χ1n) is 4.85. The number of hydrogen-bond donors (Lipinski definition) is 1. The summed E-state index contributed by atoms with van der Waals surface area (Å²) in [5.41, 5.74) is 0. The zero-order valence-electron chi connectivity index (χ0n) is 8.04. The third kappa shape index (κ3) is 4.41. The minimum Gasteiger partial charge on any atom is -0.450 e. The van der Waals surface area contributed by atoms with Crippen LogP contribution in [0.15, 0.2) is 0 Å². The molecule has 1 aliphatic heterocycles. The molecule has 0 saturated carbocycles. The highest BCUT2D eigenvalue weighted by Gasteiger charge is 2.14. The minimum atomic E-state index is -0.284. The van der Waals surface area contributed by atoms with Crippen molar-refractivity contribution < 1.29 is 9.53 Å². The third-order valence-electron chi connectivity index (χ3n) is 2.02. The molecule has 1 saturated heterocycles. The first kappa shape index (κ1) is 10.7. The molecule has 1 atom stereocenters. The van der Waals surface area contributed by atoms with E-state index in [0.717, 1.165) is 6.54 Å². The number of thioether (sulfide) groups is 1. The van der Waals surface area contributed by atoms with Gasteiger partial charge in [0.05, 0.1) is 6.61 Å². The van der Waals surface area contributed by atoms with Crippen molar-refractivity contribution in [2.45, 2.75) is 31.4 Å². The lowest BCUT2D eigenvalue weighted by molar-refractivity contribution is 0.152. The van der Waals surface area contributed by atoms with E-state index in [0.29, 0.717) is 11.9 Å². The standard InChI is InChI=1S/C9H17NO2S/c1-2-12-9(11)10-7-8-5-3-4-6-13-8/h8H,2-7H2,1H3,(H,10,11). The van der Waals surface area contributed by atoms with Crippen LogP contribution < -0.4 is 5.32 Å². The summed E-state index contributed by atoms with van der Waals surface area (Å²) in [6.45, 7) is 3.02. The Morgan fingerprint density at radius 2 is 2.46 bits per heavy atom. The molecule has 3 nitrogen and oxygen atoms in total. The van der Waals surface area contributed by atoms with Crippen molar-refractivity contribution in [1.29, 1.82) is 0 Å². The van der Waals surface area contributed by atoms with E-state index < -0.39 is 0 Å². The number of hydrogen-bond acceptors (Lipinski definition) is 3. The summed E-state index contributed by atoms with van der Waals surface area (Å²) in [5, 5.41) is 3.37. The smallest absolute Gasteiger partial charge is 0.407 e. The lowest BCUT2D eigenvalue weighted by atomic mass is 10.2. The number of ether oxygens (including phenoxy) is 1. The van der Waals surface area contributed by atoms with Gasteiger partial charge in [-0.05, 0) is 25.5 Å². The second-order valence-corrected chi connectivity index (χ2v) is 4.50. The molecule has 4 heteroatoms. The van der Waals surface area contributed by atoms with Crippen LogP contribution in [-0.4, -0.2) is 30.2 Å². The largest absolute Gasteiger partial charge is 0.450 e.